The van der Waals surface area contributed by atoms with Crippen LogP contribution in [0.5, 0.6) is 23.0 Å². The minimum Gasteiger partial charge on any atom is -0.497 e. The van der Waals surface area contributed by atoms with Gasteiger partial charge in [-0.25, -0.2) is 9.69 Å². The Kier molecular flexibility index (Phi) is 27.4. The quantitative estimate of drug-likeness (QED) is 0.0749. The summed E-state index contributed by atoms with van der Waals surface area (Å²) in [6.07, 6.45) is 9.70. The van der Waals surface area contributed by atoms with Crippen LogP contribution >= 0.6 is 11.6 Å². The molecule has 640 valence electrons. The summed E-state index contributed by atoms with van der Waals surface area (Å²) in [6, 6.07) is 70.9. The molecule has 6 aliphatic heterocycles. The van der Waals surface area contributed by atoms with E-state index in [9.17, 15) is 28.8 Å². The van der Waals surface area contributed by atoms with Crippen molar-refractivity contribution in [3.63, 3.8) is 0 Å². The molecular weight excluding hydrogens is 1570 g/mol. The normalized spacial score (nSPS) is 27.5. The first-order valence-electron chi connectivity index (χ1n) is 43.0. The monoisotopic (exact) mass is 1680 g/mol. The third-order valence-corrected chi connectivity index (χ3v) is 28.3. The lowest BCUT2D eigenvalue weighted by Crippen LogP contribution is -2.64. The van der Waals surface area contributed by atoms with Crippen LogP contribution in [0.15, 0.2) is 242 Å². The van der Waals surface area contributed by atoms with Gasteiger partial charge < -0.3 is 67.5 Å². The predicted octanol–water partition coefficient (Wildman–Crippen LogP) is 16.8. The van der Waals surface area contributed by atoms with Crippen molar-refractivity contribution in [1.82, 2.24) is 20.0 Å². The molecule has 4 aliphatic carbocycles. The van der Waals surface area contributed by atoms with Crippen molar-refractivity contribution in [3.05, 3.63) is 309 Å². The second-order valence-electron chi connectivity index (χ2n) is 33.9. The summed E-state index contributed by atoms with van der Waals surface area (Å²) in [5, 5.41) is 3.10. The molecule has 0 aromatic heterocycles. The Morgan fingerprint density at radius 2 is 0.724 bits per heavy atom. The molecule has 10 aliphatic rings. The summed E-state index contributed by atoms with van der Waals surface area (Å²) in [7, 11) is 6.56. The molecule has 6 heterocycles. The fourth-order valence-electron chi connectivity index (χ4n) is 21.7. The van der Waals surface area contributed by atoms with Crippen LogP contribution in [0.4, 0.5) is 0 Å². The van der Waals surface area contributed by atoms with Gasteiger partial charge in [0, 0.05) is 88.2 Å². The molecule has 12 atom stereocenters. The highest BCUT2D eigenvalue weighted by Gasteiger charge is 2.65. The molecule has 123 heavy (non-hydrogen) atoms. The molecule has 4 amide bonds. The summed E-state index contributed by atoms with van der Waals surface area (Å²) < 4.78 is 45.3. The maximum absolute atomic E-state index is 14.2. The largest absolute Gasteiger partial charge is 0.497 e. The Hall–Kier alpha value is -11.2. The highest BCUT2D eigenvalue weighted by atomic mass is 35.5. The number of hydrogen-bond donors (Lipinski definition) is 1. The van der Waals surface area contributed by atoms with Crippen LogP contribution in [0.3, 0.4) is 0 Å². The van der Waals surface area contributed by atoms with Gasteiger partial charge in [-0.3, -0.25) is 19.2 Å². The number of carbonyl (C=O) groups is 6. The standard InChI is InChI=1S/C26H31NO4.2C25H24N2O3.C18H23NO3.C8H9ClO/c1-19-23-11-14-27(18-20-7-6-10-22(17-20)29-2)24(28)25(23,21-8-4-3-5-9-21)12-13-26(19)30-15-16-31-26;2*1-17-21-12-13-27(16-18-8-7-11-20(14-18)30-3)24(29)25(21,15-22(26-2)23(17)28)19-9-5-4-6-10-19;1-13-15-7-10-19-16(20)17(15,14-5-3-2-4-6-14)8-9-18(13)21-11-12-22-18;1-10-8-4-2-3-7(5-8)6-9/h3-10,17,19,23H,11-16,18H2,1-2H3;2*4-11,14-15,17,21H,12-13,16H2,1,3H3;2-6,13,15H,7-12H2,1H3,(H,19,20);2-5H,6H2,1H3/t19-,23-,25+;2*17-,21-,25+;13-,15-,17+;/m0100./s1. The number of amides is 4. The molecule has 6 saturated heterocycles. The van der Waals surface area contributed by atoms with Crippen molar-refractivity contribution >= 4 is 46.8 Å². The van der Waals surface area contributed by atoms with Crippen molar-refractivity contribution < 1.29 is 66.7 Å². The van der Waals surface area contributed by atoms with E-state index in [0.29, 0.717) is 77.9 Å². The number of Topliss-reactive ketones (excluding diaryl/α,β-unsaturated/α-hetero) is 2. The lowest BCUT2D eigenvalue weighted by atomic mass is 9.54. The van der Waals surface area contributed by atoms with Gasteiger partial charge in [-0.05, 0) is 155 Å². The van der Waals surface area contributed by atoms with E-state index in [1.165, 1.54) is 0 Å². The molecule has 0 bridgehead atoms. The van der Waals surface area contributed by atoms with E-state index in [4.69, 9.17) is 62.6 Å². The van der Waals surface area contributed by atoms with Crippen LogP contribution in [0, 0.1) is 60.5 Å². The number of fused-ring (bicyclic) bond motifs is 4. The van der Waals surface area contributed by atoms with Gasteiger partial charge in [-0.2, -0.15) is 0 Å². The Balaban J connectivity index is 0.000000129. The molecule has 18 rings (SSSR count). The molecule has 1 N–H and O–H groups in total. The number of ether oxygens (including phenoxy) is 8. The van der Waals surface area contributed by atoms with E-state index >= 15 is 0 Å². The number of nitrogens with one attached hydrogen (secondary N) is 1. The zero-order chi connectivity index (χ0) is 86.7. The fourth-order valence-corrected chi connectivity index (χ4v) is 21.9. The Morgan fingerprint density at radius 3 is 1.09 bits per heavy atom. The van der Waals surface area contributed by atoms with Crippen molar-refractivity contribution in [2.24, 2.45) is 47.3 Å². The number of benzene rings is 8. The summed E-state index contributed by atoms with van der Waals surface area (Å²) in [5.41, 5.74) is 5.28. The number of piperidine rings is 4. The zero-order valence-electron chi connectivity index (χ0n) is 71.5. The first kappa shape index (κ1) is 88.1. The van der Waals surface area contributed by atoms with Crippen LogP contribution < -0.4 is 24.3 Å². The highest BCUT2D eigenvalue weighted by molar-refractivity contribution is 6.17. The Labute approximate surface area is 727 Å². The molecule has 8 aromatic carbocycles. The summed E-state index contributed by atoms with van der Waals surface area (Å²) in [5.74, 6) is 2.48. The van der Waals surface area contributed by atoms with Crippen molar-refractivity contribution in [2.75, 3.05) is 81.0 Å². The Morgan fingerprint density at radius 1 is 0.398 bits per heavy atom. The average Bonchev–Trinajstić information content (AvgIpc) is 1.70. The number of alkyl halides is 1. The topological polar surface area (TPSA) is 207 Å². The number of rotatable bonds is 15. The highest BCUT2D eigenvalue weighted by Crippen LogP contribution is 2.59. The van der Waals surface area contributed by atoms with Crippen LogP contribution in [0.25, 0.3) is 9.69 Å². The second-order valence-corrected chi connectivity index (χ2v) is 34.2. The summed E-state index contributed by atoms with van der Waals surface area (Å²) >= 11 is 5.60. The summed E-state index contributed by atoms with van der Waals surface area (Å²) in [4.78, 5) is 93.2. The summed E-state index contributed by atoms with van der Waals surface area (Å²) in [6.45, 7) is 29.9. The minimum absolute atomic E-state index is 0.0479. The lowest BCUT2D eigenvalue weighted by Gasteiger charge is -2.56. The van der Waals surface area contributed by atoms with E-state index in [-0.39, 0.29) is 93.9 Å². The van der Waals surface area contributed by atoms with Gasteiger partial charge in [0.1, 0.15) is 23.0 Å². The van der Waals surface area contributed by atoms with E-state index < -0.39 is 33.2 Å². The van der Waals surface area contributed by atoms with E-state index in [2.05, 4.69) is 59.2 Å². The number of halogens is 1. The van der Waals surface area contributed by atoms with Gasteiger partial charge >= 0.3 is 0 Å². The number of methoxy groups -OCH3 is 4. The lowest BCUT2D eigenvalue weighted by molar-refractivity contribution is -0.239. The molecule has 21 heteroatoms. The maximum Gasteiger partial charge on any atom is 0.236 e. The third-order valence-electron chi connectivity index (χ3n) is 27.9. The van der Waals surface area contributed by atoms with E-state index in [1.54, 1.807) is 40.6 Å². The van der Waals surface area contributed by atoms with Crippen molar-refractivity contribution in [2.45, 2.75) is 138 Å². The molecule has 8 aromatic rings. The maximum atomic E-state index is 14.2. The fraction of sp³-hybridized carbons (Fsp3) is 0.412. The number of likely N-dealkylation sites (tertiary alicyclic amines) is 3. The van der Waals surface area contributed by atoms with Crippen molar-refractivity contribution in [3.8, 4) is 23.0 Å². The zero-order valence-corrected chi connectivity index (χ0v) is 72.3. The number of ketones is 2. The van der Waals surface area contributed by atoms with Crippen LogP contribution in [-0.2, 0) is 94.9 Å². The van der Waals surface area contributed by atoms with Crippen LogP contribution in [0.1, 0.15) is 124 Å². The first-order valence-corrected chi connectivity index (χ1v) is 43.5. The van der Waals surface area contributed by atoms with Gasteiger partial charge in [0.2, 0.25) is 35.0 Å². The average molecular weight is 1680 g/mol. The van der Waals surface area contributed by atoms with Crippen LogP contribution in [0.2, 0.25) is 0 Å². The number of carbonyl (C=O) groups excluding carboxylic acids is 6. The molecule has 0 radical (unpaired) electrons. The number of hydrogen-bond acceptors (Lipinski definition) is 14. The van der Waals surface area contributed by atoms with Gasteiger partial charge in [0.05, 0.1) is 89.7 Å². The first-order chi connectivity index (χ1) is 59.7. The van der Waals surface area contributed by atoms with Gasteiger partial charge in [0.15, 0.2) is 23.1 Å². The minimum atomic E-state index is -0.994. The number of nitrogens with zero attached hydrogens (tertiary/aromatic N) is 5. The molecule has 8 fully saturated rings. The van der Waals surface area contributed by atoms with Gasteiger partial charge in [0.25, 0.3) is 0 Å². The number of allylic oxidation sites excluding steroid dienone is 2. The third kappa shape index (κ3) is 17.0. The predicted molar refractivity (Wildman–Crippen MR) is 469 cm³/mol. The smallest absolute Gasteiger partial charge is 0.236 e. The van der Waals surface area contributed by atoms with Gasteiger partial charge in [-0.1, -0.05) is 210 Å². The van der Waals surface area contributed by atoms with Crippen LogP contribution in [-0.4, -0.2) is 143 Å². The second kappa shape index (κ2) is 38.3. The molecule has 2 saturated carbocycles. The molecular formula is C102H111ClN6O14. The molecule has 20 nitrogen and oxygen atoms in total. The van der Waals surface area contributed by atoms with Gasteiger partial charge in [-0.15, -0.1) is 11.6 Å². The van der Waals surface area contributed by atoms with E-state index in [0.717, 1.165) is 119 Å². The molecule has 2 spiro atoms. The molecule has 0 unspecified atom stereocenters. The van der Waals surface area contributed by atoms with E-state index in [1.807, 2.05) is 217 Å². The van der Waals surface area contributed by atoms with Crippen molar-refractivity contribution in [1.29, 1.82) is 0 Å². The Bertz CT molecular complexity index is 5070. The SMILES string of the molecule is COc1cccc(CCl)c1.COc1cccc(CN2CC[C@H]3[C@H](C)C4(CC[C@]3(c3ccccc3)C2=O)OCCO4)c1.C[C@H]1[C@@H]2CCNC(=O)[C@@]2(c2ccccc2)CCC12OCCO2.[C-]#[N+]C1=C[C@@]2(c3ccccc3)C(=O)N(Cc3cccc(OC)c3)CC[C@@H]2[C@@H](C)C1=O.[C-]#[N+]C1=C[C@]2(c3ccccc3)C(=O)N(Cc3cccc(OC)c3)CC[C@H]2[C@H](C)C1=O.